The number of allylic oxidation sites excluding steroid dienone is 5. The average molecular weight is 394 g/mol. The predicted molar refractivity (Wildman–Crippen MR) is 121 cm³/mol. The van der Waals surface area contributed by atoms with Crippen molar-refractivity contribution < 1.29 is 4.39 Å². The molecule has 1 saturated heterocycles. The molecule has 0 bridgehead atoms. The standard InChI is InChI=1S/C24H44FN3/c1-7-16-28(24(3,4)5)26(6)17-12-9-14-23(21-22(2)25)15-13-20-27-18-10-8-11-19-27/h9,12,14,21H,7-8,10-11,13,15-20H2,1-6H3/b12-9+,22-21+,23-14-. The van der Waals surface area contributed by atoms with Crippen LogP contribution in [0.4, 0.5) is 4.39 Å². The fourth-order valence-corrected chi connectivity index (χ4v) is 3.88. The molecule has 1 aliphatic heterocycles. The molecule has 0 unspecified atom stereocenters. The zero-order chi connectivity index (χ0) is 21.0. The third kappa shape index (κ3) is 10.5. The molecule has 0 aromatic rings. The van der Waals surface area contributed by atoms with Crippen molar-refractivity contribution in [3.05, 3.63) is 35.7 Å². The number of rotatable bonds is 11. The average Bonchev–Trinajstić information content (AvgIpc) is 2.62. The van der Waals surface area contributed by atoms with Crippen LogP contribution >= 0.6 is 0 Å². The van der Waals surface area contributed by atoms with Crippen LogP contribution in [-0.2, 0) is 0 Å². The molecule has 4 heteroatoms. The number of hydrogen-bond acceptors (Lipinski definition) is 3. The van der Waals surface area contributed by atoms with Gasteiger partial charge in [-0.15, -0.1) is 0 Å². The summed E-state index contributed by atoms with van der Waals surface area (Å²) in [5.74, 6) is -0.114. The molecule has 3 nitrogen and oxygen atoms in total. The lowest BCUT2D eigenvalue weighted by Crippen LogP contribution is -2.51. The van der Waals surface area contributed by atoms with Crippen molar-refractivity contribution in [2.75, 3.05) is 39.8 Å². The molecule has 1 heterocycles. The third-order valence-electron chi connectivity index (χ3n) is 5.21. The van der Waals surface area contributed by atoms with Gasteiger partial charge in [0.2, 0.25) is 0 Å². The monoisotopic (exact) mass is 393 g/mol. The Kier molecular flexibility index (Phi) is 11.9. The van der Waals surface area contributed by atoms with Crippen molar-refractivity contribution in [3.8, 4) is 0 Å². The van der Waals surface area contributed by atoms with Gasteiger partial charge in [0.25, 0.3) is 0 Å². The summed E-state index contributed by atoms with van der Waals surface area (Å²) in [6, 6.07) is 0. The van der Waals surface area contributed by atoms with Gasteiger partial charge in [0.05, 0.1) is 5.83 Å². The second-order valence-electron chi connectivity index (χ2n) is 9.04. The molecule has 1 aliphatic rings. The molecule has 0 spiro atoms. The Morgan fingerprint density at radius 3 is 2.39 bits per heavy atom. The molecule has 0 aromatic heterocycles. The van der Waals surface area contributed by atoms with Crippen LogP contribution in [0.5, 0.6) is 0 Å². The highest BCUT2D eigenvalue weighted by molar-refractivity contribution is 5.25. The Morgan fingerprint density at radius 1 is 1.14 bits per heavy atom. The quantitative estimate of drug-likeness (QED) is 0.316. The first-order valence-corrected chi connectivity index (χ1v) is 11.1. The Bertz CT molecular complexity index is 506. The van der Waals surface area contributed by atoms with E-state index in [-0.39, 0.29) is 11.4 Å². The van der Waals surface area contributed by atoms with E-state index in [1.807, 2.05) is 0 Å². The van der Waals surface area contributed by atoms with Gasteiger partial charge >= 0.3 is 0 Å². The molecule has 0 saturated carbocycles. The number of hydrazine groups is 1. The summed E-state index contributed by atoms with van der Waals surface area (Å²) in [5.41, 5.74) is 1.19. The molecule has 0 aliphatic carbocycles. The number of halogens is 1. The molecule has 0 amide bonds. The van der Waals surface area contributed by atoms with Gasteiger partial charge in [-0.1, -0.05) is 31.6 Å². The number of hydrogen-bond donors (Lipinski definition) is 0. The van der Waals surface area contributed by atoms with Crippen molar-refractivity contribution in [2.45, 2.75) is 78.7 Å². The number of nitrogens with zero attached hydrogens (tertiary/aromatic N) is 3. The van der Waals surface area contributed by atoms with Crippen molar-refractivity contribution >= 4 is 0 Å². The van der Waals surface area contributed by atoms with Gasteiger partial charge in [-0.2, -0.15) is 0 Å². The largest absolute Gasteiger partial charge is 0.303 e. The zero-order valence-electron chi connectivity index (χ0n) is 19.3. The van der Waals surface area contributed by atoms with Crippen LogP contribution in [0.2, 0.25) is 0 Å². The molecule has 0 atom stereocenters. The maximum Gasteiger partial charge on any atom is 0.0971 e. The van der Waals surface area contributed by atoms with Gasteiger partial charge in [0.1, 0.15) is 0 Å². The summed E-state index contributed by atoms with van der Waals surface area (Å²) >= 11 is 0. The van der Waals surface area contributed by atoms with Crippen LogP contribution in [0.3, 0.4) is 0 Å². The smallest absolute Gasteiger partial charge is 0.0971 e. The highest BCUT2D eigenvalue weighted by Gasteiger charge is 2.23. The summed E-state index contributed by atoms with van der Waals surface area (Å²) < 4.78 is 13.5. The van der Waals surface area contributed by atoms with E-state index in [1.54, 1.807) is 6.08 Å². The first-order chi connectivity index (χ1) is 13.2. The number of likely N-dealkylation sites (N-methyl/N-ethyl adjacent to an activating group) is 1. The summed E-state index contributed by atoms with van der Waals surface area (Å²) in [5, 5.41) is 4.69. The first kappa shape index (κ1) is 25.1. The molecule has 1 fully saturated rings. The molecular weight excluding hydrogens is 349 g/mol. The summed E-state index contributed by atoms with van der Waals surface area (Å²) in [4.78, 5) is 2.55. The maximum atomic E-state index is 13.5. The second-order valence-corrected chi connectivity index (χ2v) is 9.04. The Hall–Kier alpha value is -0.970. The maximum absolute atomic E-state index is 13.5. The van der Waals surface area contributed by atoms with Crippen LogP contribution < -0.4 is 0 Å². The van der Waals surface area contributed by atoms with Crippen LogP contribution in [0.25, 0.3) is 0 Å². The van der Waals surface area contributed by atoms with E-state index in [0.717, 1.165) is 44.5 Å². The number of piperidine rings is 1. The Balaban J connectivity index is 2.56. The van der Waals surface area contributed by atoms with Gasteiger partial charge in [-0.3, -0.25) is 0 Å². The van der Waals surface area contributed by atoms with E-state index in [2.05, 4.69) is 67.9 Å². The first-order valence-electron chi connectivity index (χ1n) is 11.1. The summed E-state index contributed by atoms with van der Waals surface area (Å²) in [6.45, 7) is 16.0. The van der Waals surface area contributed by atoms with Crippen molar-refractivity contribution in [1.29, 1.82) is 0 Å². The zero-order valence-corrected chi connectivity index (χ0v) is 19.3. The second kappa shape index (κ2) is 13.3. The van der Waals surface area contributed by atoms with Crippen LogP contribution in [-0.4, -0.2) is 60.2 Å². The Labute approximate surface area is 173 Å². The van der Waals surface area contributed by atoms with E-state index in [1.165, 1.54) is 39.3 Å². The molecule has 1 rings (SSSR count). The fourth-order valence-electron chi connectivity index (χ4n) is 3.88. The van der Waals surface area contributed by atoms with Gasteiger partial charge in [0.15, 0.2) is 0 Å². The summed E-state index contributed by atoms with van der Waals surface area (Å²) in [7, 11) is 2.14. The Morgan fingerprint density at radius 2 is 1.82 bits per heavy atom. The summed E-state index contributed by atoms with van der Waals surface area (Å²) in [6.07, 6.45) is 15.2. The normalized spacial score (nSPS) is 18.0. The lowest BCUT2D eigenvalue weighted by atomic mass is 10.1. The topological polar surface area (TPSA) is 9.72 Å². The van der Waals surface area contributed by atoms with E-state index in [0.29, 0.717) is 0 Å². The van der Waals surface area contributed by atoms with Crippen molar-refractivity contribution in [2.24, 2.45) is 0 Å². The highest BCUT2D eigenvalue weighted by Crippen LogP contribution is 2.16. The van der Waals surface area contributed by atoms with E-state index in [9.17, 15) is 4.39 Å². The van der Waals surface area contributed by atoms with Gasteiger partial charge in [-0.25, -0.2) is 14.4 Å². The minimum absolute atomic E-state index is 0.113. The molecule has 28 heavy (non-hydrogen) atoms. The SMILES string of the molecule is CCCN(N(C)C/C=C/C=C(\C=C(/C)F)CCCN1CCCCC1)C(C)(C)C. The number of likely N-dealkylation sites (tertiary alicyclic amines) is 1. The molecular formula is C24H44FN3. The lowest BCUT2D eigenvalue weighted by molar-refractivity contribution is -0.0642. The minimum atomic E-state index is -0.114. The molecule has 0 aromatic carbocycles. The van der Waals surface area contributed by atoms with Gasteiger partial charge in [0, 0.05) is 25.7 Å². The third-order valence-corrected chi connectivity index (χ3v) is 5.21. The van der Waals surface area contributed by atoms with Crippen molar-refractivity contribution in [3.63, 3.8) is 0 Å². The molecule has 0 N–H and O–H groups in total. The van der Waals surface area contributed by atoms with Crippen LogP contribution in [0.1, 0.15) is 73.1 Å². The highest BCUT2D eigenvalue weighted by atomic mass is 19.1. The van der Waals surface area contributed by atoms with Gasteiger partial charge < -0.3 is 4.90 Å². The molecule has 0 radical (unpaired) electrons. The predicted octanol–water partition coefficient (Wildman–Crippen LogP) is 5.97. The van der Waals surface area contributed by atoms with E-state index < -0.39 is 0 Å². The van der Waals surface area contributed by atoms with Crippen LogP contribution in [0.15, 0.2) is 35.7 Å². The molecule has 162 valence electrons. The van der Waals surface area contributed by atoms with Crippen molar-refractivity contribution in [1.82, 2.24) is 14.9 Å². The minimum Gasteiger partial charge on any atom is -0.303 e. The van der Waals surface area contributed by atoms with E-state index >= 15 is 0 Å². The lowest BCUT2D eigenvalue weighted by Gasteiger charge is -2.41. The van der Waals surface area contributed by atoms with E-state index in [4.69, 9.17) is 0 Å². The van der Waals surface area contributed by atoms with Crippen LogP contribution in [0, 0.1) is 0 Å². The fraction of sp³-hybridized carbons (Fsp3) is 0.750. The van der Waals surface area contributed by atoms with Gasteiger partial charge in [-0.05, 0) is 91.1 Å².